The van der Waals surface area contributed by atoms with E-state index in [1.807, 2.05) is 32.4 Å². The third kappa shape index (κ3) is 4.83. The molecule has 1 N–H and O–H groups in total. The molecule has 0 saturated heterocycles. The lowest BCUT2D eigenvalue weighted by atomic mass is 9.85. The van der Waals surface area contributed by atoms with Crippen LogP contribution in [0.15, 0.2) is 6.20 Å². The summed E-state index contributed by atoms with van der Waals surface area (Å²) in [5.41, 5.74) is 1.10. The van der Waals surface area contributed by atoms with Crippen molar-refractivity contribution in [2.45, 2.75) is 77.8 Å². The Kier molecular flexibility index (Phi) is 6.25. The fourth-order valence-electron chi connectivity index (χ4n) is 3.66. The molecular formula is C19H31N3O3. The van der Waals surface area contributed by atoms with Crippen molar-refractivity contribution in [2.24, 2.45) is 5.92 Å². The number of hydrogen-bond donors (Lipinski definition) is 1. The van der Waals surface area contributed by atoms with Gasteiger partial charge in [0.15, 0.2) is 0 Å². The molecule has 1 aliphatic carbocycles. The smallest absolute Gasteiger partial charge is 0.328 e. The fourth-order valence-corrected chi connectivity index (χ4v) is 3.66. The largest absolute Gasteiger partial charge is 0.467 e. The Labute approximate surface area is 150 Å². The van der Waals surface area contributed by atoms with Crippen molar-refractivity contribution in [2.75, 3.05) is 7.11 Å². The minimum absolute atomic E-state index is 0.202. The average Bonchev–Trinajstić information content (AvgIpc) is 2.96. The molecule has 1 atom stereocenters. The summed E-state index contributed by atoms with van der Waals surface area (Å²) >= 11 is 0. The fraction of sp³-hybridized carbons (Fsp3) is 0.737. The van der Waals surface area contributed by atoms with Crippen molar-refractivity contribution >= 4 is 11.9 Å². The van der Waals surface area contributed by atoms with Crippen LogP contribution in [0.4, 0.5) is 0 Å². The molecule has 1 fully saturated rings. The number of hydrogen-bond acceptors (Lipinski definition) is 4. The number of methoxy groups -OCH3 is 1. The van der Waals surface area contributed by atoms with E-state index in [1.54, 1.807) is 6.20 Å². The van der Waals surface area contributed by atoms with Crippen LogP contribution in [0.25, 0.3) is 0 Å². The molecule has 0 unspecified atom stereocenters. The van der Waals surface area contributed by atoms with Gasteiger partial charge in [0, 0.05) is 5.69 Å². The van der Waals surface area contributed by atoms with Gasteiger partial charge in [-0.25, -0.2) is 4.79 Å². The summed E-state index contributed by atoms with van der Waals surface area (Å²) in [5.74, 6) is -0.171. The third-order valence-corrected chi connectivity index (χ3v) is 4.97. The van der Waals surface area contributed by atoms with Gasteiger partial charge in [0.1, 0.15) is 6.04 Å². The summed E-state index contributed by atoms with van der Waals surface area (Å²) in [6, 6.07) is -0.599. The molecule has 0 bridgehead atoms. The zero-order valence-corrected chi connectivity index (χ0v) is 16.1. The van der Waals surface area contributed by atoms with Gasteiger partial charge >= 0.3 is 5.97 Å². The van der Waals surface area contributed by atoms with Crippen LogP contribution in [0.2, 0.25) is 0 Å². The van der Waals surface area contributed by atoms with E-state index in [4.69, 9.17) is 4.74 Å². The molecule has 25 heavy (non-hydrogen) atoms. The maximum Gasteiger partial charge on any atom is 0.328 e. The van der Waals surface area contributed by atoms with Crippen molar-refractivity contribution in [3.05, 3.63) is 17.5 Å². The van der Waals surface area contributed by atoms with Crippen LogP contribution in [-0.4, -0.2) is 34.8 Å². The maximum absolute atomic E-state index is 12.7. The molecule has 140 valence electrons. The summed E-state index contributed by atoms with van der Waals surface area (Å²) in [6.45, 7) is 7.99. The number of amides is 1. The molecule has 0 aliphatic heterocycles. The number of nitrogens with zero attached hydrogens (tertiary/aromatic N) is 2. The second kappa shape index (κ2) is 8.02. The van der Waals surface area contributed by atoms with Gasteiger partial charge in [-0.15, -0.1) is 0 Å². The van der Waals surface area contributed by atoms with Crippen molar-refractivity contribution in [3.8, 4) is 0 Å². The number of carbonyl (C=O) groups excluding carboxylic acids is 2. The number of aromatic nitrogens is 2. The van der Waals surface area contributed by atoms with E-state index in [2.05, 4.69) is 10.4 Å². The van der Waals surface area contributed by atoms with Crippen molar-refractivity contribution < 1.29 is 14.3 Å². The van der Waals surface area contributed by atoms with Crippen LogP contribution in [0, 0.1) is 12.8 Å². The number of rotatable bonds is 5. The first-order chi connectivity index (χ1) is 11.7. The number of nitrogens with one attached hydrogen (secondary N) is 1. The zero-order valence-electron chi connectivity index (χ0n) is 16.1. The number of esters is 1. The SMILES string of the molecule is COC(=O)[C@@H](CC1CCCCC1)NC(=O)c1cnn(C(C)(C)C)c1C. The molecule has 0 aromatic carbocycles. The van der Waals surface area contributed by atoms with Gasteiger partial charge in [-0.1, -0.05) is 32.1 Å². The van der Waals surface area contributed by atoms with Crippen molar-refractivity contribution in [3.63, 3.8) is 0 Å². The lowest BCUT2D eigenvalue weighted by Crippen LogP contribution is -2.43. The summed E-state index contributed by atoms with van der Waals surface area (Å²) < 4.78 is 6.74. The van der Waals surface area contributed by atoms with E-state index >= 15 is 0 Å². The van der Waals surface area contributed by atoms with E-state index in [-0.39, 0.29) is 17.4 Å². The highest BCUT2D eigenvalue weighted by Crippen LogP contribution is 2.28. The first-order valence-corrected chi connectivity index (χ1v) is 9.18. The molecule has 6 heteroatoms. The predicted molar refractivity (Wildman–Crippen MR) is 96.4 cm³/mol. The molecule has 0 radical (unpaired) electrons. The highest BCUT2D eigenvalue weighted by molar-refractivity contribution is 5.97. The van der Waals surface area contributed by atoms with E-state index in [9.17, 15) is 9.59 Å². The van der Waals surface area contributed by atoms with Gasteiger partial charge in [0.25, 0.3) is 5.91 Å². The summed E-state index contributed by atoms with van der Waals surface area (Å²) in [5, 5.41) is 7.21. The van der Waals surface area contributed by atoms with Crippen LogP contribution in [0.5, 0.6) is 0 Å². The number of carbonyl (C=O) groups is 2. The Hall–Kier alpha value is -1.85. The van der Waals surface area contributed by atoms with Gasteiger partial charge in [0.05, 0.1) is 24.4 Å². The van der Waals surface area contributed by atoms with Gasteiger partial charge in [0.2, 0.25) is 0 Å². The first kappa shape index (κ1) is 19.5. The normalized spacial score (nSPS) is 17.2. The van der Waals surface area contributed by atoms with Crippen LogP contribution >= 0.6 is 0 Å². The minimum Gasteiger partial charge on any atom is -0.467 e. The molecule has 6 nitrogen and oxygen atoms in total. The molecule has 0 spiro atoms. The van der Waals surface area contributed by atoms with E-state index in [1.165, 1.54) is 26.4 Å². The number of ether oxygens (including phenoxy) is 1. The molecular weight excluding hydrogens is 318 g/mol. The molecule has 2 rings (SSSR count). The highest BCUT2D eigenvalue weighted by Gasteiger charge is 2.28. The third-order valence-electron chi connectivity index (χ3n) is 4.97. The summed E-state index contributed by atoms with van der Waals surface area (Å²) in [6.07, 6.45) is 8.11. The Morgan fingerprint density at radius 1 is 1.32 bits per heavy atom. The molecule has 1 heterocycles. The van der Waals surface area contributed by atoms with Gasteiger partial charge in [-0.05, 0) is 40.0 Å². The Balaban J connectivity index is 2.11. The zero-order chi connectivity index (χ0) is 18.6. The van der Waals surface area contributed by atoms with E-state index in [0.29, 0.717) is 17.9 Å². The molecule has 1 saturated carbocycles. The van der Waals surface area contributed by atoms with Gasteiger partial charge in [-0.3, -0.25) is 9.48 Å². The second-order valence-corrected chi connectivity index (χ2v) is 8.02. The van der Waals surface area contributed by atoms with Gasteiger partial charge in [-0.2, -0.15) is 5.10 Å². The summed E-state index contributed by atoms with van der Waals surface area (Å²) in [7, 11) is 1.37. The van der Waals surface area contributed by atoms with E-state index < -0.39 is 6.04 Å². The van der Waals surface area contributed by atoms with E-state index in [0.717, 1.165) is 18.5 Å². The molecule has 1 amide bonds. The lowest BCUT2D eigenvalue weighted by Gasteiger charge is -2.26. The van der Waals surface area contributed by atoms with Crippen LogP contribution in [-0.2, 0) is 15.1 Å². The van der Waals surface area contributed by atoms with Crippen molar-refractivity contribution in [1.29, 1.82) is 0 Å². The highest BCUT2D eigenvalue weighted by atomic mass is 16.5. The minimum atomic E-state index is -0.599. The Morgan fingerprint density at radius 3 is 2.48 bits per heavy atom. The van der Waals surface area contributed by atoms with Crippen LogP contribution in [0.3, 0.4) is 0 Å². The quantitative estimate of drug-likeness (QED) is 0.829. The van der Waals surface area contributed by atoms with Crippen LogP contribution in [0.1, 0.15) is 75.3 Å². The van der Waals surface area contributed by atoms with Gasteiger partial charge < -0.3 is 10.1 Å². The molecule has 1 aliphatic rings. The van der Waals surface area contributed by atoms with Crippen molar-refractivity contribution in [1.82, 2.24) is 15.1 Å². The standard InChI is InChI=1S/C19H31N3O3/c1-13-15(12-20-22(13)19(2,3)4)17(23)21-16(18(24)25-5)11-14-9-7-6-8-10-14/h12,14,16H,6-11H2,1-5H3,(H,21,23)/t16-/m1/s1. The monoisotopic (exact) mass is 349 g/mol. The lowest BCUT2D eigenvalue weighted by molar-refractivity contribution is -0.143. The van der Waals surface area contributed by atoms with Crippen LogP contribution < -0.4 is 5.32 Å². The topological polar surface area (TPSA) is 73.2 Å². The molecule has 1 aromatic heterocycles. The second-order valence-electron chi connectivity index (χ2n) is 8.02. The summed E-state index contributed by atoms with van der Waals surface area (Å²) in [4.78, 5) is 24.9. The predicted octanol–water partition coefficient (Wildman–Crippen LogP) is 3.19. The molecule has 1 aromatic rings. The average molecular weight is 349 g/mol. The Bertz CT molecular complexity index is 610. The Morgan fingerprint density at radius 2 is 1.96 bits per heavy atom. The maximum atomic E-state index is 12.7. The first-order valence-electron chi connectivity index (χ1n) is 9.18.